The molecule has 4 nitrogen and oxygen atoms in total. The van der Waals surface area contributed by atoms with E-state index in [1.165, 1.54) is 0 Å². The molecule has 1 amide bonds. The topological polar surface area (TPSA) is 35.6 Å². The highest BCUT2D eigenvalue weighted by atomic mass is 16.1. The van der Waals surface area contributed by atoms with Crippen LogP contribution in [0.25, 0.3) is 0 Å². The third-order valence-corrected chi connectivity index (χ3v) is 3.28. The van der Waals surface area contributed by atoms with Crippen LogP contribution in [-0.4, -0.2) is 60.5 Å². The number of nitrogens with one attached hydrogen (secondary N) is 1. The number of carbonyl (C=O) groups excluding carboxylic acids is 1. The van der Waals surface area contributed by atoms with Crippen molar-refractivity contribution in [1.82, 2.24) is 15.1 Å². The lowest BCUT2D eigenvalue weighted by Crippen LogP contribution is -2.48. The van der Waals surface area contributed by atoms with E-state index >= 15 is 0 Å². The smallest absolute Gasteiger partial charge is 0.216 e. The van der Waals surface area contributed by atoms with Crippen molar-refractivity contribution in [3.05, 3.63) is 0 Å². The van der Waals surface area contributed by atoms with E-state index in [0.717, 1.165) is 39.3 Å². The van der Waals surface area contributed by atoms with Gasteiger partial charge in [0.25, 0.3) is 0 Å². The standard InChI is InChI=1S/C14H31N3O/c1-7-16(8-2)11-12-17(14(4,5)6)10-9-15-13(3)18/h7-12H2,1-6H3,(H,15,18). The zero-order valence-electron chi connectivity index (χ0n) is 13.0. The molecule has 0 aromatic carbocycles. The minimum absolute atomic E-state index is 0.0487. The molecule has 0 heterocycles. The Hall–Kier alpha value is -0.610. The Labute approximate surface area is 113 Å². The highest BCUT2D eigenvalue weighted by molar-refractivity contribution is 5.72. The molecular weight excluding hydrogens is 226 g/mol. The van der Waals surface area contributed by atoms with Crippen LogP contribution in [-0.2, 0) is 4.79 Å². The molecule has 18 heavy (non-hydrogen) atoms. The third-order valence-electron chi connectivity index (χ3n) is 3.28. The number of rotatable bonds is 8. The molecule has 1 N–H and O–H groups in total. The van der Waals surface area contributed by atoms with Gasteiger partial charge in [0, 0.05) is 38.6 Å². The van der Waals surface area contributed by atoms with E-state index in [9.17, 15) is 4.79 Å². The van der Waals surface area contributed by atoms with E-state index < -0.39 is 0 Å². The monoisotopic (exact) mass is 257 g/mol. The molecule has 0 aromatic heterocycles. The van der Waals surface area contributed by atoms with E-state index in [2.05, 4.69) is 49.7 Å². The lowest BCUT2D eigenvalue weighted by atomic mass is 10.1. The number of amides is 1. The molecule has 0 saturated heterocycles. The zero-order chi connectivity index (χ0) is 14.2. The van der Waals surface area contributed by atoms with E-state index in [1.807, 2.05) is 0 Å². The summed E-state index contributed by atoms with van der Waals surface area (Å²) >= 11 is 0. The van der Waals surface area contributed by atoms with Gasteiger partial charge in [0.05, 0.1) is 0 Å². The minimum Gasteiger partial charge on any atom is -0.355 e. The number of nitrogens with zero attached hydrogens (tertiary/aromatic N) is 2. The Kier molecular flexibility index (Phi) is 8.20. The van der Waals surface area contributed by atoms with Crippen LogP contribution in [0.5, 0.6) is 0 Å². The molecule has 0 aromatic rings. The van der Waals surface area contributed by atoms with Crippen molar-refractivity contribution >= 4 is 5.91 Å². The fourth-order valence-electron chi connectivity index (χ4n) is 1.95. The Balaban J connectivity index is 4.20. The van der Waals surface area contributed by atoms with Crippen LogP contribution in [0, 0.1) is 0 Å². The third kappa shape index (κ3) is 7.67. The van der Waals surface area contributed by atoms with Gasteiger partial charge in [-0.1, -0.05) is 13.8 Å². The average molecular weight is 257 g/mol. The molecule has 0 aliphatic heterocycles. The Bertz CT molecular complexity index is 232. The quantitative estimate of drug-likeness (QED) is 0.717. The first-order chi connectivity index (χ1) is 8.31. The highest BCUT2D eigenvalue weighted by Gasteiger charge is 2.20. The predicted molar refractivity (Wildman–Crippen MR) is 77.8 cm³/mol. The molecule has 0 radical (unpaired) electrons. The molecule has 0 spiro atoms. The van der Waals surface area contributed by atoms with Crippen molar-refractivity contribution in [2.24, 2.45) is 0 Å². The molecule has 0 unspecified atom stereocenters. The molecule has 0 fully saturated rings. The fraction of sp³-hybridized carbons (Fsp3) is 0.929. The Morgan fingerprint density at radius 3 is 2.00 bits per heavy atom. The molecular formula is C14H31N3O. The van der Waals surface area contributed by atoms with Gasteiger partial charge in [-0.25, -0.2) is 0 Å². The first-order valence-corrected chi connectivity index (χ1v) is 7.03. The number of hydrogen-bond acceptors (Lipinski definition) is 3. The first kappa shape index (κ1) is 17.4. The maximum atomic E-state index is 10.9. The number of hydrogen-bond donors (Lipinski definition) is 1. The van der Waals surface area contributed by atoms with Crippen LogP contribution in [0.15, 0.2) is 0 Å². The molecule has 0 aliphatic rings. The van der Waals surface area contributed by atoms with Gasteiger partial charge in [-0.05, 0) is 33.9 Å². The molecule has 0 bridgehead atoms. The lowest BCUT2D eigenvalue weighted by molar-refractivity contribution is -0.119. The summed E-state index contributed by atoms with van der Waals surface area (Å²) in [5, 5.41) is 2.87. The summed E-state index contributed by atoms with van der Waals surface area (Å²) < 4.78 is 0. The summed E-state index contributed by atoms with van der Waals surface area (Å²) in [5.74, 6) is 0.0487. The molecule has 4 heteroatoms. The van der Waals surface area contributed by atoms with E-state index in [-0.39, 0.29) is 11.4 Å². The summed E-state index contributed by atoms with van der Waals surface area (Å²) in [6, 6.07) is 0. The summed E-state index contributed by atoms with van der Waals surface area (Å²) in [6.07, 6.45) is 0. The largest absolute Gasteiger partial charge is 0.355 e. The van der Waals surface area contributed by atoms with Gasteiger partial charge in [0.1, 0.15) is 0 Å². The van der Waals surface area contributed by atoms with Gasteiger partial charge in [-0.3, -0.25) is 9.69 Å². The number of carbonyl (C=O) groups is 1. The van der Waals surface area contributed by atoms with Crippen LogP contribution in [0.3, 0.4) is 0 Å². The summed E-state index contributed by atoms with van der Waals surface area (Å²) in [6.45, 7) is 18.6. The van der Waals surface area contributed by atoms with E-state index in [1.54, 1.807) is 6.92 Å². The summed E-state index contributed by atoms with van der Waals surface area (Å²) in [7, 11) is 0. The molecule has 0 rings (SSSR count). The second kappa shape index (κ2) is 8.48. The second-order valence-electron chi connectivity index (χ2n) is 5.67. The molecule has 0 atom stereocenters. The lowest BCUT2D eigenvalue weighted by Gasteiger charge is -2.37. The maximum Gasteiger partial charge on any atom is 0.216 e. The first-order valence-electron chi connectivity index (χ1n) is 7.03. The van der Waals surface area contributed by atoms with Gasteiger partial charge in [0.2, 0.25) is 5.91 Å². The van der Waals surface area contributed by atoms with Crippen molar-refractivity contribution < 1.29 is 4.79 Å². The molecule has 0 aliphatic carbocycles. The SMILES string of the molecule is CCN(CC)CCN(CCNC(C)=O)C(C)(C)C. The van der Waals surface area contributed by atoms with Crippen LogP contribution in [0.4, 0.5) is 0 Å². The van der Waals surface area contributed by atoms with Crippen LogP contribution in [0.1, 0.15) is 41.5 Å². The van der Waals surface area contributed by atoms with Crippen molar-refractivity contribution in [3.63, 3.8) is 0 Å². The summed E-state index contributed by atoms with van der Waals surface area (Å²) in [4.78, 5) is 15.8. The normalized spacial score (nSPS) is 12.2. The maximum absolute atomic E-state index is 10.9. The van der Waals surface area contributed by atoms with Crippen LogP contribution in [0.2, 0.25) is 0 Å². The highest BCUT2D eigenvalue weighted by Crippen LogP contribution is 2.12. The van der Waals surface area contributed by atoms with Crippen molar-refractivity contribution in [3.8, 4) is 0 Å². The van der Waals surface area contributed by atoms with E-state index in [0.29, 0.717) is 0 Å². The van der Waals surface area contributed by atoms with Crippen LogP contribution >= 0.6 is 0 Å². The second-order valence-corrected chi connectivity index (χ2v) is 5.67. The molecule has 0 saturated carbocycles. The Morgan fingerprint density at radius 1 is 1.06 bits per heavy atom. The Morgan fingerprint density at radius 2 is 1.61 bits per heavy atom. The fourth-order valence-corrected chi connectivity index (χ4v) is 1.95. The molecule has 108 valence electrons. The van der Waals surface area contributed by atoms with E-state index in [4.69, 9.17) is 0 Å². The minimum atomic E-state index is 0.0487. The average Bonchev–Trinajstić information content (AvgIpc) is 2.26. The van der Waals surface area contributed by atoms with Gasteiger partial charge in [0.15, 0.2) is 0 Å². The van der Waals surface area contributed by atoms with Gasteiger partial charge in [-0.2, -0.15) is 0 Å². The van der Waals surface area contributed by atoms with Crippen LogP contribution < -0.4 is 5.32 Å². The van der Waals surface area contributed by atoms with Gasteiger partial charge in [-0.15, -0.1) is 0 Å². The zero-order valence-corrected chi connectivity index (χ0v) is 13.0. The van der Waals surface area contributed by atoms with Gasteiger partial charge >= 0.3 is 0 Å². The van der Waals surface area contributed by atoms with Crippen molar-refractivity contribution in [2.45, 2.75) is 47.1 Å². The summed E-state index contributed by atoms with van der Waals surface area (Å²) in [5.41, 5.74) is 0.144. The van der Waals surface area contributed by atoms with Crippen molar-refractivity contribution in [2.75, 3.05) is 39.3 Å². The van der Waals surface area contributed by atoms with Gasteiger partial charge < -0.3 is 10.2 Å². The number of likely N-dealkylation sites (N-methyl/N-ethyl adjacent to an activating group) is 1. The van der Waals surface area contributed by atoms with Crippen molar-refractivity contribution in [1.29, 1.82) is 0 Å². The predicted octanol–water partition coefficient (Wildman–Crippen LogP) is 1.56.